The summed E-state index contributed by atoms with van der Waals surface area (Å²) in [4.78, 5) is 0. The molecule has 0 aliphatic carbocycles. The average molecular weight is 219 g/mol. The Balaban J connectivity index is 3.15. The maximum absolute atomic E-state index is 8.27. The fourth-order valence-electron chi connectivity index (χ4n) is 0.354. The van der Waals surface area contributed by atoms with Crippen molar-refractivity contribution in [2.45, 2.75) is 0 Å². The smallest absolute Gasteiger partial charge is 0.175 e. The van der Waals surface area contributed by atoms with Gasteiger partial charge in [0.1, 0.15) is 6.07 Å². The lowest BCUT2D eigenvalue weighted by atomic mass is 10.5. The quantitative estimate of drug-likeness (QED) is 0.658. The van der Waals surface area contributed by atoms with Gasteiger partial charge >= 0.3 is 0 Å². The first kappa shape index (κ1) is 5.56. The molecule has 0 aromatic carbocycles. The Bertz CT molecular complexity index is 221. The van der Waals surface area contributed by atoms with E-state index in [4.69, 9.17) is 5.26 Å². The van der Waals surface area contributed by atoms with Gasteiger partial charge in [-0.2, -0.15) is 10.4 Å². The van der Waals surface area contributed by atoms with E-state index >= 15 is 0 Å². The summed E-state index contributed by atoms with van der Waals surface area (Å²) >= 11 is 2.04. The molecule has 1 heterocycles. The Kier molecular flexibility index (Phi) is 1.48. The average Bonchev–Trinajstić information content (AvgIpc) is 2.14. The minimum Gasteiger partial charge on any atom is -0.283 e. The Labute approximate surface area is 59.8 Å². The minimum atomic E-state index is 0.464. The number of nitrogens with zero attached hydrogens (tertiary/aromatic N) is 2. The predicted molar refractivity (Wildman–Crippen MR) is 36.0 cm³/mol. The van der Waals surface area contributed by atoms with Crippen LogP contribution in [0.4, 0.5) is 0 Å². The highest BCUT2D eigenvalue weighted by atomic mass is 127. The van der Waals surface area contributed by atoms with E-state index < -0.39 is 0 Å². The third-order valence-corrected chi connectivity index (χ3v) is 1.52. The molecule has 0 bridgehead atoms. The molecule has 0 saturated carbocycles. The monoisotopic (exact) mass is 219 g/mol. The lowest BCUT2D eigenvalue weighted by Crippen LogP contribution is -1.73. The predicted octanol–water partition coefficient (Wildman–Crippen LogP) is 0.886. The highest BCUT2D eigenvalue weighted by molar-refractivity contribution is 14.1. The number of aromatic nitrogens is 2. The second kappa shape index (κ2) is 2.13. The molecule has 0 amide bonds. The van der Waals surface area contributed by atoms with Crippen molar-refractivity contribution in [1.82, 2.24) is 10.2 Å². The molecule has 1 aromatic heterocycles. The maximum Gasteiger partial charge on any atom is 0.175 e. The van der Waals surface area contributed by atoms with Crippen LogP contribution in [0, 0.1) is 14.9 Å². The number of halogens is 1. The van der Waals surface area contributed by atoms with Crippen molar-refractivity contribution < 1.29 is 0 Å². The van der Waals surface area contributed by atoms with Gasteiger partial charge in [0, 0.05) is 6.20 Å². The summed E-state index contributed by atoms with van der Waals surface area (Å²) in [5.74, 6) is 0. The normalized spacial score (nSPS) is 8.50. The largest absolute Gasteiger partial charge is 0.283 e. The molecular weight excluding hydrogens is 217 g/mol. The summed E-state index contributed by atoms with van der Waals surface area (Å²) < 4.78 is 0.866. The molecule has 4 heteroatoms. The first-order valence-corrected chi connectivity index (χ1v) is 3.02. The van der Waals surface area contributed by atoms with Gasteiger partial charge in [-0.05, 0) is 22.6 Å². The fraction of sp³-hybridized carbons (Fsp3) is 0. The van der Waals surface area contributed by atoms with Crippen LogP contribution in [0.2, 0.25) is 0 Å². The highest BCUT2D eigenvalue weighted by Crippen LogP contribution is 2.04. The number of nitriles is 1. The van der Waals surface area contributed by atoms with Crippen molar-refractivity contribution in [3.8, 4) is 6.07 Å². The molecule has 40 valence electrons. The van der Waals surface area contributed by atoms with Gasteiger partial charge in [0.2, 0.25) is 0 Å². The second-order valence-electron chi connectivity index (χ2n) is 1.19. The van der Waals surface area contributed by atoms with Crippen LogP contribution in [0.25, 0.3) is 0 Å². The third-order valence-electron chi connectivity index (χ3n) is 0.700. The first-order chi connectivity index (χ1) is 3.84. The summed E-state index contributed by atoms with van der Waals surface area (Å²) in [5, 5.41) is 14.5. The number of nitrogens with one attached hydrogen (secondary N) is 1. The van der Waals surface area contributed by atoms with Crippen LogP contribution >= 0.6 is 22.6 Å². The Hall–Kier alpha value is -0.570. The Morgan fingerprint density at radius 3 is 2.88 bits per heavy atom. The molecule has 0 unspecified atom stereocenters. The zero-order chi connectivity index (χ0) is 5.98. The fourth-order valence-corrected chi connectivity index (χ4v) is 0.734. The number of aromatic amines is 1. The molecule has 1 rings (SSSR count). The first-order valence-electron chi connectivity index (χ1n) is 1.94. The second-order valence-corrected chi connectivity index (χ2v) is 2.36. The van der Waals surface area contributed by atoms with E-state index in [9.17, 15) is 0 Å². The zero-order valence-electron chi connectivity index (χ0n) is 3.85. The number of H-pyrrole nitrogens is 1. The molecule has 1 aromatic rings. The van der Waals surface area contributed by atoms with E-state index in [2.05, 4.69) is 10.2 Å². The Morgan fingerprint density at radius 2 is 2.62 bits per heavy atom. The van der Waals surface area contributed by atoms with Crippen molar-refractivity contribution in [1.29, 1.82) is 5.26 Å². The van der Waals surface area contributed by atoms with E-state index in [0.717, 1.165) is 3.57 Å². The van der Waals surface area contributed by atoms with Gasteiger partial charge in [-0.15, -0.1) is 0 Å². The van der Waals surface area contributed by atoms with Crippen LogP contribution in [-0.4, -0.2) is 10.2 Å². The molecule has 8 heavy (non-hydrogen) atoms. The van der Waals surface area contributed by atoms with Crippen molar-refractivity contribution in [2.24, 2.45) is 0 Å². The molecule has 0 aliphatic rings. The van der Waals surface area contributed by atoms with Crippen LogP contribution in [0.3, 0.4) is 0 Å². The maximum atomic E-state index is 8.27. The summed E-state index contributed by atoms with van der Waals surface area (Å²) in [6.07, 6.45) is 1.68. The van der Waals surface area contributed by atoms with Crippen LogP contribution in [0.1, 0.15) is 5.69 Å². The highest BCUT2D eigenvalue weighted by Gasteiger charge is 1.96. The van der Waals surface area contributed by atoms with E-state index in [1.54, 1.807) is 6.20 Å². The summed E-state index contributed by atoms with van der Waals surface area (Å²) in [5.41, 5.74) is 0.464. The van der Waals surface area contributed by atoms with Gasteiger partial charge in [0.15, 0.2) is 5.69 Å². The molecule has 3 nitrogen and oxygen atoms in total. The topological polar surface area (TPSA) is 52.5 Å². The molecule has 0 saturated heterocycles. The lowest BCUT2D eigenvalue weighted by molar-refractivity contribution is 1.07. The van der Waals surface area contributed by atoms with E-state index in [1.807, 2.05) is 28.7 Å². The molecule has 0 aliphatic heterocycles. The molecule has 0 fully saturated rings. The zero-order valence-corrected chi connectivity index (χ0v) is 6.01. The van der Waals surface area contributed by atoms with Crippen molar-refractivity contribution in [3.63, 3.8) is 0 Å². The molecule has 0 atom stereocenters. The number of hydrogen-bond acceptors (Lipinski definition) is 2. The van der Waals surface area contributed by atoms with Gasteiger partial charge in [-0.25, -0.2) is 0 Å². The van der Waals surface area contributed by atoms with E-state index in [1.165, 1.54) is 0 Å². The van der Waals surface area contributed by atoms with Crippen LogP contribution < -0.4 is 0 Å². The van der Waals surface area contributed by atoms with Crippen molar-refractivity contribution >= 4 is 22.6 Å². The van der Waals surface area contributed by atoms with Gasteiger partial charge in [0.05, 0.1) is 3.57 Å². The van der Waals surface area contributed by atoms with E-state index in [-0.39, 0.29) is 0 Å². The summed E-state index contributed by atoms with van der Waals surface area (Å²) in [6, 6.07) is 1.93. The van der Waals surface area contributed by atoms with E-state index in [0.29, 0.717) is 5.69 Å². The van der Waals surface area contributed by atoms with Gasteiger partial charge < -0.3 is 0 Å². The summed E-state index contributed by atoms with van der Waals surface area (Å²) in [6.45, 7) is 0. The number of hydrogen-bond donors (Lipinski definition) is 1. The minimum absolute atomic E-state index is 0.464. The number of rotatable bonds is 0. The Morgan fingerprint density at radius 1 is 1.88 bits per heavy atom. The lowest BCUT2D eigenvalue weighted by Gasteiger charge is -1.71. The van der Waals surface area contributed by atoms with Gasteiger partial charge in [-0.3, -0.25) is 5.10 Å². The molecule has 0 spiro atoms. The van der Waals surface area contributed by atoms with Crippen molar-refractivity contribution in [3.05, 3.63) is 15.5 Å². The van der Waals surface area contributed by atoms with Gasteiger partial charge in [0.25, 0.3) is 0 Å². The van der Waals surface area contributed by atoms with Crippen LogP contribution in [-0.2, 0) is 0 Å². The standard InChI is InChI=1S/C4H2IN3/c5-3-2-7-8-4(3)1-6/h2H,(H,7,8). The molecule has 1 N–H and O–H groups in total. The van der Waals surface area contributed by atoms with Gasteiger partial charge in [-0.1, -0.05) is 0 Å². The molecular formula is C4H2IN3. The molecule has 0 radical (unpaired) electrons. The van der Waals surface area contributed by atoms with Crippen molar-refractivity contribution in [2.75, 3.05) is 0 Å². The summed E-state index contributed by atoms with van der Waals surface area (Å²) in [7, 11) is 0. The SMILES string of the molecule is N#Cc1n[nH]cc1I. The van der Waals surface area contributed by atoms with Crippen LogP contribution in [0.15, 0.2) is 6.20 Å². The third kappa shape index (κ3) is 0.816. The van der Waals surface area contributed by atoms with Crippen LogP contribution in [0.5, 0.6) is 0 Å².